The smallest absolute Gasteiger partial charge is 0.229 e. The normalized spacial score (nSPS) is 33.0. The van der Waals surface area contributed by atoms with E-state index >= 15 is 0 Å². The van der Waals surface area contributed by atoms with Gasteiger partial charge in [0.2, 0.25) is 6.29 Å². The Bertz CT molecular complexity index is 1510. The van der Waals surface area contributed by atoms with Gasteiger partial charge in [-0.2, -0.15) is 0 Å². The number of aliphatic hydroxyl groups is 7. The molecule has 5 rings (SSSR count). The SMILES string of the molecule is O=c1cc(-c2ccc(O)c(O)c2)oc2cc(O[C@H]3O[C@@H](CO)[C@H](O)[C@@H](O[C@H]4O[C@@H](CO)[C@H](O)[C@@H](O)[C@@H]4O)[C@@H]3O)cc(O)c12. The first kappa shape index (κ1) is 30.9. The summed E-state index contributed by atoms with van der Waals surface area (Å²) < 4.78 is 27.7. The Morgan fingerprint density at radius 2 is 1.37 bits per heavy atom. The molecule has 0 spiro atoms. The van der Waals surface area contributed by atoms with Crippen molar-refractivity contribution in [1.29, 1.82) is 0 Å². The summed E-state index contributed by atoms with van der Waals surface area (Å²) in [4.78, 5) is 12.8. The Labute approximate surface area is 241 Å². The van der Waals surface area contributed by atoms with Gasteiger partial charge in [-0.25, -0.2) is 0 Å². The zero-order valence-electron chi connectivity index (χ0n) is 22.1. The minimum absolute atomic E-state index is 0.0326. The molecular weight excluding hydrogens is 580 g/mol. The standard InChI is InChI=1S/C27H30O16/c28-7-17-20(34)22(36)23(37)26(41-17)43-25-21(35)18(8-29)42-27(24(25)38)39-10-4-13(32)19-14(33)6-15(40-16(19)5-10)9-1-2-11(30)12(31)3-9/h1-6,17-18,20-32,34-38H,7-8H2/t17-,18-,20-,21-,22+,23-,24-,25+,26+,27-/m0/s1. The van der Waals surface area contributed by atoms with Crippen molar-refractivity contribution < 1.29 is 74.4 Å². The molecule has 0 bridgehead atoms. The summed E-state index contributed by atoms with van der Waals surface area (Å²) >= 11 is 0. The molecule has 10 N–H and O–H groups in total. The highest BCUT2D eigenvalue weighted by Gasteiger charge is 2.51. The van der Waals surface area contributed by atoms with E-state index < -0.39 is 97.3 Å². The monoisotopic (exact) mass is 610 g/mol. The van der Waals surface area contributed by atoms with Crippen LogP contribution in [0.25, 0.3) is 22.3 Å². The van der Waals surface area contributed by atoms with Crippen molar-refractivity contribution in [2.45, 2.75) is 61.4 Å². The van der Waals surface area contributed by atoms with Crippen LogP contribution in [0.4, 0.5) is 0 Å². The Balaban J connectivity index is 1.43. The molecular formula is C27H30O16. The molecule has 0 radical (unpaired) electrons. The van der Waals surface area contributed by atoms with Crippen molar-refractivity contribution in [3.8, 4) is 34.3 Å². The summed E-state index contributed by atoms with van der Waals surface area (Å²) in [6.07, 6.45) is -16.8. The van der Waals surface area contributed by atoms with Gasteiger partial charge < -0.3 is 74.4 Å². The van der Waals surface area contributed by atoms with Gasteiger partial charge in [-0.1, -0.05) is 0 Å². The molecule has 2 saturated heterocycles. The maximum absolute atomic E-state index is 12.8. The zero-order chi connectivity index (χ0) is 31.2. The van der Waals surface area contributed by atoms with Crippen molar-refractivity contribution in [1.82, 2.24) is 0 Å². The predicted molar refractivity (Wildman–Crippen MR) is 140 cm³/mol. The molecule has 234 valence electrons. The number of hydrogen-bond acceptors (Lipinski definition) is 16. The van der Waals surface area contributed by atoms with Gasteiger partial charge in [-0.3, -0.25) is 4.79 Å². The summed E-state index contributed by atoms with van der Waals surface area (Å²) in [5.41, 5.74) is -0.611. The molecule has 10 atom stereocenters. The first-order chi connectivity index (χ1) is 20.4. The van der Waals surface area contributed by atoms with Gasteiger partial charge in [0.25, 0.3) is 0 Å². The maximum Gasteiger partial charge on any atom is 0.229 e. The second kappa shape index (κ2) is 12.2. The van der Waals surface area contributed by atoms with Crippen molar-refractivity contribution in [2.24, 2.45) is 0 Å². The summed E-state index contributed by atoms with van der Waals surface area (Å²) in [5.74, 6) is -1.67. The number of fused-ring (bicyclic) bond motifs is 1. The molecule has 2 aliphatic rings. The molecule has 0 saturated carbocycles. The van der Waals surface area contributed by atoms with Crippen molar-refractivity contribution in [3.63, 3.8) is 0 Å². The Kier molecular flexibility index (Phi) is 8.77. The van der Waals surface area contributed by atoms with E-state index in [0.29, 0.717) is 0 Å². The summed E-state index contributed by atoms with van der Waals surface area (Å²) in [5, 5.41) is 101. The Morgan fingerprint density at radius 1 is 0.698 bits per heavy atom. The van der Waals surface area contributed by atoms with E-state index in [0.717, 1.165) is 18.2 Å². The zero-order valence-corrected chi connectivity index (χ0v) is 22.1. The first-order valence-electron chi connectivity index (χ1n) is 13.0. The highest BCUT2D eigenvalue weighted by Crippen LogP contribution is 2.36. The number of hydrogen-bond donors (Lipinski definition) is 10. The van der Waals surface area contributed by atoms with E-state index in [9.17, 15) is 55.9 Å². The van der Waals surface area contributed by atoms with E-state index in [2.05, 4.69) is 0 Å². The topological polar surface area (TPSA) is 269 Å². The third-order valence-corrected chi connectivity index (χ3v) is 7.26. The van der Waals surface area contributed by atoms with Crippen LogP contribution in [0.2, 0.25) is 0 Å². The molecule has 1 aromatic heterocycles. The molecule has 0 aliphatic carbocycles. The molecule has 0 amide bonds. The quantitative estimate of drug-likeness (QED) is 0.125. The van der Waals surface area contributed by atoms with Crippen LogP contribution in [-0.2, 0) is 14.2 Å². The summed E-state index contributed by atoms with van der Waals surface area (Å²) in [7, 11) is 0. The van der Waals surface area contributed by atoms with E-state index in [1.807, 2.05) is 0 Å². The minimum Gasteiger partial charge on any atom is -0.507 e. The van der Waals surface area contributed by atoms with Crippen LogP contribution in [0.1, 0.15) is 0 Å². The van der Waals surface area contributed by atoms with Gasteiger partial charge in [0, 0.05) is 23.8 Å². The van der Waals surface area contributed by atoms with Crippen LogP contribution in [-0.4, -0.2) is 126 Å². The number of aliphatic hydroxyl groups excluding tert-OH is 7. The van der Waals surface area contributed by atoms with Crippen LogP contribution in [0.15, 0.2) is 45.6 Å². The van der Waals surface area contributed by atoms with Gasteiger partial charge in [-0.05, 0) is 18.2 Å². The summed E-state index contributed by atoms with van der Waals surface area (Å²) in [6.45, 7) is -1.55. The van der Waals surface area contributed by atoms with Crippen molar-refractivity contribution >= 4 is 11.0 Å². The van der Waals surface area contributed by atoms with Gasteiger partial charge in [0.15, 0.2) is 23.2 Å². The Morgan fingerprint density at radius 3 is 2.05 bits per heavy atom. The van der Waals surface area contributed by atoms with E-state index in [-0.39, 0.29) is 28.0 Å². The third-order valence-electron chi connectivity index (χ3n) is 7.26. The number of phenols is 3. The maximum atomic E-state index is 12.8. The van der Waals surface area contributed by atoms with E-state index in [1.54, 1.807) is 0 Å². The second-order valence-electron chi connectivity index (χ2n) is 10.1. The highest BCUT2D eigenvalue weighted by atomic mass is 16.7. The van der Waals surface area contributed by atoms with Crippen LogP contribution >= 0.6 is 0 Å². The number of phenolic OH excluding ortho intramolecular Hbond substituents is 3. The molecule has 16 nitrogen and oxygen atoms in total. The Hall–Kier alpha value is -3.55. The fourth-order valence-corrected chi connectivity index (χ4v) is 4.91. The van der Waals surface area contributed by atoms with Gasteiger partial charge in [-0.15, -0.1) is 0 Å². The average Bonchev–Trinajstić information content (AvgIpc) is 2.97. The number of ether oxygens (including phenoxy) is 4. The average molecular weight is 611 g/mol. The number of aromatic hydroxyl groups is 3. The number of rotatable bonds is 7. The lowest BCUT2D eigenvalue weighted by atomic mass is 9.97. The molecule has 2 aliphatic heterocycles. The van der Waals surface area contributed by atoms with Crippen LogP contribution in [0, 0.1) is 0 Å². The molecule has 43 heavy (non-hydrogen) atoms. The highest BCUT2D eigenvalue weighted by molar-refractivity contribution is 5.86. The molecule has 2 fully saturated rings. The summed E-state index contributed by atoms with van der Waals surface area (Å²) in [6, 6.07) is 6.98. The second-order valence-corrected chi connectivity index (χ2v) is 10.1. The third kappa shape index (κ3) is 5.85. The lowest BCUT2D eigenvalue weighted by Crippen LogP contribution is -2.65. The molecule has 16 heteroatoms. The minimum atomic E-state index is -1.86. The van der Waals surface area contributed by atoms with Crippen LogP contribution < -0.4 is 10.2 Å². The predicted octanol–water partition coefficient (Wildman–Crippen LogP) is -2.42. The fraction of sp³-hybridized carbons (Fsp3) is 0.444. The molecule has 3 heterocycles. The van der Waals surface area contributed by atoms with E-state index in [4.69, 9.17) is 23.4 Å². The van der Waals surface area contributed by atoms with Crippen molar-refractivity contribution in [2.75, 3.05) is 13.2 Å². The molecule has 3 aromatic rings. The van der Waals surface area contributed by atoms with Gasteiger partial charge in [0.1, 0.15) is 77.1 Å². The van der Waals surface area contributed by atoms with Crippen LogP contribution in [0.5, 0.6) is 23.0 Å². The molecule has 0 unspecified atom stereocenters. The largest absolute Gasteiger partial charge is 0.507 e. The van der Waals surface area contributed by atoms with Gasteiger partial charge in [0.05, 0.1) is 13.2 Å². The lowest BCUT2D eigenvalue weighted by molar-refractivity contribution is -0.352. The first-order valence-corrected chi connectivity index (χ1v) is 13.0. The molecule has 2 aromatic carbocycles. The van der Waals surface area contributed by atoms with Crippen LogP contribution in [0.3, 0.4) is 0 Å². The van der Waals surface area contributed by atoms with E-state index in [1.165, 1.54) is 18.2 Å². The number of benzene rings is 2. The fourth-order valence-electron chi connectivity index (χ4n) is 4.91. The van der Waals surface area contributed by atoms with Gasteiger partial charge >= 0.3 is 0 Å². The van der Waals surface area contributed by atoms with Crippen molar-refractivity contribution in [3.05, 3.63) is 46.6 Å². The lowest BCUT2D eigenvalue weighted by Gasteiger charge is -2.45.